The Hall–Kier alpha value is -3.30. The Balaban J connectivity index is 1.42. The minimum atomic E-state index is -0.131. The zero-order chi connectivity index (χ0) is 23.9. The molecule has 1 unspecified atom stereocenters. The van der Waals surface area contributed by atoms with E-state index >= 15 is 0 Å². The number of hydrogen-bond donors (Lipinski definition) is 2. The highest BCUT2D eigenvalue weighted by molar-refractivity contribution is 8.01. The maximum atomic E-state index is 13.0. The molecule has 2 aromatic carbocycles. The number of carbonyl (C=O) groups excluding carboxylic acids is 1. The summed E-state index contributed by atoms with van der Waals surface area (Å²) in [5.41, 5.74) is 2.42. The van der Waals surface area contributed by atoms with Crippen molar-refractivity contribution in [1.82, 2.24) is 5.32 Å². The second kappa shape index (κ2) is 11.2. The van der Waals surface area contributed by atoms with Crippen LogP contribution in [0.5, 0.6) is 11.5 Å². The van der Waals surface area contributed by atoms with Gasteiger partial charge in [-0.05, 0) is 48.1 Å². The van der Waals surface area contributed by atoms with Gasteiger partial charge in [0.15, 0.2) is 17.7 Å². The second-order valence-corrected chi connectivity index (χ2v) is 10.0. The molecule has 34 heavy (non-hydrogen) atoms. The Morgan fingerprint density at radius 3 is 2.91 bits per heavy atom. The SMILES string of the molecule is COc1cccc(CNC(=O)c2cc(Sc3c[nH+]c(NC4CC=CC=N4)s3)ccc2C)c1OC. The fourth-order valence-corrected chi connectivity index (χ4v) is 5.52. The molecule has 0 radical (unpaired) electrons. The summed E-state index contributed by atoms with van der Waals surface area (Å²) in [7, 11) is 3.19. The number of allylic oxidation sites excluding steroid dienone is 1. The van der Waals surface area contributed by atoms with Gasteiger partial charge in [0.2, 0.25) is 0 Å². The summed E-state index contributed by atoms with van der Waals surface area (Å²) in [5.74, 6) is 1.13. The van der Waals surface area contributed by atoms with Crippen molar-refractivity contribution in [2.24, 2.45) is 4.99 Å². The predicted molar refractivity (Wildman–Crippen MR) is 137 cm³/mol. The summed E-state index contributed by atoms with van der Waals surface area (Å²) in [6.07, 6.45) is 8.74. The van der Waals surface area contributed by atoms with Crippen LogP contribution in [0.1, 0.15) is 27.9 Å². The van der Waals surface area contributed by atoms with E-state index in [4.69, 9.17) is 9.47 Å². The van der Waals surface area contributed by atoms with Crippen LogP contribution in [0.3, 0.4) is 0 Å². The molecule has 0 bridgehead atoms. The number of aryl methyl sites for hydroxylation is 1. The molecule has 2 heterocycles. The number of nitrogens with one attached hydrogen (secondary N) is 3. The number of para-hydroxylation sites is 1. The lowest BCUT2D eigenvalue weighted by Gasteiger charge is -2.14. The largest absolute Gasteiger partial charge is 0.493 e. The zero-order valence-corrected chi connectivity index (χ0v) is 20.9. The quantitative estimate of drug-likeness (QED) is 0.448. The van der Waals surface area contributed by atoms with Crippen LogP contribution in [0.15, 0.2) is 68.8 Å². The molecule has 1 atom stereocenters. The van der Waals surface area contributed by atoms with E-state index in [0.29, 0.717) is 23.6 Å². The first-order chi connectivity index (χ1) is 16.6. The van der Waals surface area contributed by atoms with Crippen molar-refractivity contribution in [3.63, 3.8) is 0 Å². The molecule has 176 valence electrons. The number of nitrogens with zero attached hydrogens (tertiary/aromatic N) is 1. The van der Waals surface area contributed by atoms with Gasteiger partial charge in [0.1, 0.15) is 10.4 Å². The van der Waals surface area contributed by atoms with Crippen LogP contribution in [0.2, 0.25) is 0 Å². The average Bonchev–Trinajstić information content (AvgIpc) is 3.30. The lowest BCUT2D eigenvalue weighted by molar-refractivity contribution is -0.357. The van der Waals surface area contributed by atoms with Crippen molar-refractivity contribution in [3.8, 4) is 11.5 Å². The van der Waals surface area contributed by atoms with Crippen molar-refractivity contribution in [2.75, 3.05) is 19.5 Å². The smallest absolute Gasteiger partial charge is 0.334 e. The summed E-state index contributed by atoms with van der Waals surface area (Å²) in [5, 5.41) is 7.36. The van der Waals surface area contributed by atoms with Gasteiger partial charge < -0.3 is 14.8 Å². The number of aromatic amines is 1. The molecule has 1 aromatic heterocycles. The number of amides is 1. The molecular formula is C25H27N4O3S2+. The number of aliphatic imine (C=N–C) groups is 1. The lowest BCUT2D eigenvalue weighted by atomic mass is 10.1. The van der Waals surface area contributed by atoms with Crippen molar-refractivity contribution in [2.45, 2.75) is 35.2 Å². The maximum absolute atomic E-state index is 13.0. The predicted octanol–water partition coefficient (Wildman–Crippen LogP) is 4.74. The molecule has 0 saturated carbocycles. The summed E-state index contributed by atoms with van der Waals surface area (Å²) < 4.78 is 11.9. The molecule has 1 aliphatic rings. The minimum Gasteiger partial charge on any atom is -0.493 e. The van der Waals surface area contributed by atoms with Gasteiger partial charge in [-0.15, -0.1) is 0 Å². The Labute approximate surface area is 207 Å². The molecule has 1 aliphatic heterocycles. The van der Waals surface area contributed by atoms with Gasteiger partial charge in [-0.25, -0.2) is 15.3 Å². The van der Waals surface area contributed by atoms with Crippen LogP contribution in [-0.2, 0) is 6.54 Å². The first-order valence-electron chi connectivity index (χ1n) is 10.8. The van der Waals surface area contributed by atoms with E-state index in [2.05, 4.69) is 26.7 Å². The third-order valence-corrected chi connectivity index (χ3v) is 7.33. The molecule has 0 fully saturated rings. The second-order valence-electron chi connectivity index (χ2n) is 7.58. The fourth-order valence-electron chi connectivity index (χ4n) is 3.52. The van der Waals surface area contributed by atoms with Gasteiger partial charge in [0, 0.05) is 35.2 Å². The van der Waals surface area contributed by atoms with E-state index in [1.165, 1.54) is 0 Å². The number of H-pyrrole nitrogens is 1. The zero-order valence-electron chi connectivity index (χ0n) is 19.3. The fraction of sp³-hybridized carbons (Fsp3) is 0.240. The van der Waals surface area contributed by atoms with Gasteiger partial charge >= 0.3 is 5.13 Å². The standard InChI is InChI=1S/C25H26N4O3S2/c1-16-10-11-18(33-22-15-28-25(34-22)29-21-9-4-5-12-26-21)13-19(16)24(30)27-14-17-7-6-8-20(31-2)23(17)32-3/h4-8,10-13,15,21H,9,14H2,1-3H3,(H,27,30)(H,28,29)/p+1. The molecule has 1 amide bonds. The Bertz CT molecular complexity index is 1220. The van der Waals surface area contributed by atoms with Gasteiger partial charge in [0.05, 0.1) is 14.2 Å². The molecule has 3 aromatic rings. The van der Waals surface area contributed by atoms with Crippen LogP contribution < -0.4 is 25.1 Å². The number of benzene rings is 2. The van der Waals surface area contributed by atoms with E-state index in [9.17, 15) is 4.79 Å². The number of aromatic nitrogens is 1. The number of carbonyl (C=O) groups is 1. The lowest BCUT2D eigenvalue weighted by Crippen LogP contribution is -2.24. The maximum Gasteiger partial charge on any atom is 0.334 e. The van der Waals surface area contributed by atoms with Gasteiger partial charge in [-0.1, -0.05) is 36.0 Å². The number of thiazole rings is 1. The molecule has 0 spiro atoms. The highest BCUT2D eigenvalue weighted by atomic mass is 32.2. The number of rotatable bonds is 9. The molecule has 0 saturated heterocycles. The third-order valence-electron chi connectivity index (χ3n) is 5.26. The van der Waals surface area contributed by atoms with Crippen LogP contribution in [0.25, 0.3) is 0 Å². The van der Waals surface area contributed by atoms with E-state index in [1.807, 2.05) is 61.8 Å². The Morgan fingerprint density at radius 2 is 2.15 bits per heavy atom. The number of dihydropyridines is 1. The molecule has 0 aliphatic carbocycles. The highest BCUT2D eigenvalue weighted by Crippen LogP contribution is 2.34. The number of methoxy groups -OCH3 is 2. The first kappa shape index (κ1) is 23.8. The number of ether oxygens (including phenoxy) is 2. The van der Waals surface area contributed by atoms with Crippen LogP contribution in [0, 0.1) is 6.92 Å². The molecular weight excluding hydrogens is 468 g/mol. The van der Waals surface area contributed by atoms with Gasteiger partial charge in [-0.3, -0.25) is 4.79 Å². The van der Waals surface area contributed by atoms with E-state index in [0.717, 1.165) is 31.8 Å². The van der Waals surface area contributed by atoms with Crippen molar-refractivity contribution < 1.29 is 19.3 Å². The molecule has 4 rings (SSSR count). The molecule has 3 N–H and O–H groups in total. The summed E-state index contributed by atoms with van der Waals surface area (Å²) in [6, 6.07) is 11.6. The van der Waals surface area contributed by atoms with E-state index < -0.39 is 0 Å². The Morgan fingerprint density at radius 1 is 1.26 bits per heavy atom. The van der Waals surface area contributed by atoms with Gasteiger partial charge in [-0.2, -0.15) is 0 Å². The van der Waals surface area contributed by atoms with Crippen molar-refractivity contribution in [1.29, 1.82) is 0 Å². The summed E-state index contributed by atoms with van der Waals surface area (Å²) in [6.45, 7) is 2.28. The average molecular weight is 496 g/mol. The number of anilines is 1. The first-order valence-corrected chi connectivity index (χ1v) is 12.4. The van der Waals surface area contributed by atoms with Crippen molar-refractivity contribution in [3.05, 3.63) is 71.4 Å². The summed E-state index contributed by atoms with van der Waals surface area (Å²) >= 11 is 3.24. The van der Waals surface area contributed by atoms with E-state index in [1.54, 1.807) is 37.3 Å². The molecule has 7 nitrogen and oxygen atoms in total. The minimum absolute atomic E-state index is 0.0515. The third kappa shape index (κ3) is 5.78. The van der Waals surface area contributed by atoms with Crippen LogP contribution >= 0.6 is 23.1 Å². The van der Waals surface area contributed by atoms with Crippen LogP contribution in [-0.4, -0.2) is 32.5 Å². The Kier molecular flexibility index (Phi) is 7.87. The van der Waals surface area contributed by atoms with Crippen molar-refractivity contribution >= 4 is 40.4 Å². The monoisotopic (exact) mass is 495 g/mol. The summed E-state index contributed by atoms with van der Waals surface area (Å²) in [4.78, 5) is 21.7. The van der Waals surface area contributed by atoms with Gasteiger partial charge in [0.25, 0.3) is 5.91 Å². The highest BCUT2D eigenvalue weighted by Gasteiger charge is 2.17. The van der Waals surface area contributed by atoms with Crippen LogP contribution in [0.4, 0.5) is 5.13 Å². The topological polar surface area (TPSA) is 86.1 Å². The van der Waals surface area contributed by atoms with E-state index in [-0.39, 0.29) is 12.1 Å². The normalized spacial score (nSPS) is 14.6. The number of hydrogen-bond acceptors (Lipinski definition) is 7. The molecule has 9 heteroatoms.